The van der Waals surface area contributed by atoms with Crippen molar-refractivity contribution >= 4 is 11.6 Å². The van der Waals surface area contributed by atoms with E-state index in [-0.39, 0.29) is 0 Å². The third-order valence-corrected chi connectivity index (χ3v) is 2.43. The van der Waals surface area contributed by atoms with Crippen molar-refractivity contribution in [2.45, 2.75) is 26.7 Å². The number of ether oxygens (including phenoxy) is 1. The smallest absolute Gasteiger partial charge is 0.137 e. The fourth-order valence-electron chi connectivity index (χ4n) is 1.39. The number of benzene rings is 1. The van der Waals surface area contributed by atoms with E-state index in [0.717, 1.165) is 18.6 Å². The molecule has 0 unspecified atom stereocenters. The first kappa shape index (κ1) is 10.4. The molecule has 72 valence electrons. The third-order valence-electron chi connectivity index (χ3n) is 2.13. The Morgan fingerprint density at radius 3 is 2.62 bits per heavy atom. The summed E-state index contributed by atoms with van der Waals surface area (Å²) in [6.07, 6.45) is 2.22. The Morgan fingerprint density at radius 2 is 2.08 bits per heavy atom. The standard InChI is InChI=1S/C11H15ClO/c1-4-5-9-7-10(12)11(13-3)6-8(9)2/h6-7H,4-5H2,1-3H3. The van der Waals surface area contributed by atoms with Gasteiger partial charge in [0.15, 0.2) is 0 Å². The number of methoxy groups -OCH3 is 1. The molecule has 1 rings (SSSR count). The van der Waals surface area contributed by atoms with Crippen molar-refractivity contribution in [3.05, 3.63) is 28.3 Å². The molecule has 0 amide bonds. The van der Waals surface area contributed by atoms with Gasteiger partial charge in [-0.15, -0.1) is 0 Å². The van der Waals surface area contributed by atoms with Crippen LogP contribution in [0.1, 0.15) is 24.5 Å². The van der Waals surface area contributed by atoms with Crippen molar-refractivity contribution in [3.8, 4) is 5.75 Å². The van der Waals surface area contributed by atoms with Gasteiger partial charge >= 0.3 is 0 Å². The third kappa shape index (κ3) is 2.38. The van der Waals surface area contributed by atoms with Gasteiger partial charge < -0.3 is 4.74 Å². The van der Waals surface area contributed by atoms with Gasteiger partial charge in [-0.05, 0) is 36.6 Å². The van der Waals surface area contributed by atoms with Crippen LogP contribution < -0.4 is 4.74 Å². The van der Waals surface area contributed by atoms with Gasteiger partial charge in [-0.25, -0.2) is 0 Å². The molecule has 1 nitrogen and oxygen atoms in total. The lowest BCUT2D eigenvalue weighted by Gasteiger charge is -2.08. The van der Waals surface area contributed by atoms with Gasteiger partial charge in [-0.1, -0.05) is 24.9 Å². The zero-order valence-corrected chi connectivity index (χ0v) is 9.11. The number of halogens is 1. The summed E-state index contributed by atoms with van der Waals surface area (Å²) < 4.78 is 5.13. The predicted octanol–water partition coefficient (Wildman–Crippen LogP) is 3.61. The van der Waals surface area contributed by atoms with Gasteiger partial charge in [0.1, 0.15) is 5.75 Å². The van der Waals surface area contributed by atoms with E-state index in [0.29, 0.717) is 5.02 Å². The van der Waals surface area contributed by atoms with E-state index in [1.165, 1.54) is 11.1 Å². The van der Waals surface area contributed by atoms with E-state index >= 15 is 0 Å². The molecule has 0 atom stereocenters. The van der Waals surface area contributed by atoms with Gasteiger partial charge in [0.2, 0.25) is 0 Å². The average Bonchev–Trinajstić information content (AvgIpc) is 2.11. The molecular weight excluding hydrogens is 184 g/mol. The fraction of sp³-hybridized carbons (Fsp3) is 0.455. The Kier molecular flexibility index (Phi) is 3.61. The summed E-state index contributed by atoms with van der Waals surface area (Å²) in [6, 6.07) is 3.99. The molecule has 2 heteroatoms. The lowest BCUT2D eigenvalue weighted by atomic mass is 10.0. The normalized spacial score (nSPS) is 10.2. The minimum Gasteiger partial charge on any atom is -0.495 e. The van der Waals surface area contributed by atoms with Gasteiger partial charge in [0, 0.05) is 0 Å². The second-order valence-electron chi connectivity index (χ2n) is 3.16. The van der Waals surface area contributed by atoms with E-state index < -0.39 is 0 Å². The quantitative estimate of drug-likeness (QED) is 0.721. The van der Waals surface area contributed by atoms with Crippen LogP contribution in [0.25, 0.3) is 0 Å². The molecule has 0 radical (unpaired) electrons. The molecule has 0 N–H and O–H groups in total. The molecule has 0 spiro atoms. The van der Waals surface area contributed by atoms with Crippen LogP contribution in [-0.2, 0) is 6.42 Å². The molecule has 0 bridgehead atoms. The Balaban J connectivity index is 3.05. The van der Waals surface area contributed by atoms with Crippen LogP contribution >= 0.6 is 11.6 Å². The molecule has 13 heavy (non-hydrogen) atoms. The monoisotopic (exact) mass is 198 g/mol. The maximum absolute atomic E-state index is 6.01. The first-order valence-electron chi connectivity index (χ1n) is 4.52. The van der Waals surface area contributed by atoms with Crippen LogP contribution in [0, 0.1) is 6.92 Å². The minimum absolute atomic E-state index is 0.705. The van der Waals surface area contributed by atoms with E-state index in [2.05, 4.69) is 13.8 Å². The average molecular weight is 199 g/mol. The van der Waals surface area contributed by atoms with Crippen LogP contribution in [0.5, 0.6) is 5.75 Å². The number of hydrogen-bond acceptors (Lipinski definition) is 1. The van der Waals surface area contributed by atoms with Crippen molar-refractivity contribution in [1.82, 2.24) is 0 Å². The summed E-state index contributed by atoms with van der Waals surface area (Å²) in [6.45, 7) is 4.25. The highest BCUT2D eigenvalue weighted by atomic mass is 35.5. The molecule has 0 aliphatic heterocycles. The Morgan fingerprint density at radius 1 is 1.38 bits per heavy atom. The summed E-state index contributed by atoms with van der Waals surface area (Å²) in [4.78, 5) is 0. The van der Waals surface area contributed by atoms with Crippen LogP contribution in [0.3, 0.4) is 0 Å². The molecule has 0 saturated carbocycles. The van der Waals surface area contributed by atoms with E-state index in [1.54, 1.807) is 7.11 Å². The van der Waals surface area contributed by atoms with Gasteiger partial charge in [-0.3, -0.25) is 0 Å². The van der Waals surface area contributed by atoms with E-state index in [9.17, 15) is 0 Å². The fourth-order valence-corrected chi connectivity index (χ4v) is 1.65. The zero-order valence-electron chi connectivity index (χ0n) is 8.36. The number of aryl methyl sites for hydroxylation is 2. The summed E-state index contributed by atoms with van der Waals surface area (Å²) in [5, 5.41) is 0.705. The van der Waals surface area contributed by atoms with Crippen LogP contribution in [-0.4, -0.2) is 7.11 Å². The van der Waals surface area contributed by atoms with Crippen LogP contribution in [0.15, 0.2) is 12.1 Å². The summed E-state index contributed by atoms with van der Waals surface area (Å²) in [5.41, 5.74) is 2.57. The minimum atomic E-state index is 0.705. The maximum Gasteiger partial charge on any atom is 0.137 e. The van der Waals surface area contributed by atoms with Gasteiger partial charge in [0.05, 0.1) is 12.1 Å². The van der Waals surface area contributed by atoms with Crippen LogP contribution in [0.2, 0.25) is 5.02 Å². The molecule has 0 saturated heterocycles. The second-order valence-corrected chi connectivity index (χ2v) is 3.57. The molecule has 0 aromatic heterocycles. The van der Waals surface area contributed by atoms with Crippen molar-refractivity contribution in [2.75, 3.05) is 7.11 Å². The number of hydrogen-bond donors (Lipinski definition) is 0. The molecule has 0 aliphatic carbocycles. The lowest BCUT2D eigenvalue weighted by Crippen LogP contribution is -1.92. The highest BCUT2D eigenvalue weighted by molar-refractivity contribution is 6.32. The maximum atomic E-state index is 6.01. The lowest BCUT2D eigenvalue weighted by molar-refractivity contribution is 0.414. The molecule has 0 fully saturated rings. The Labute approximate surface area is 84.7 Å². The highest BCUT2D eigenvalue weighted by Crippen LogP contribution is 2.28. The Bertz CT molecular complexity index is 294. The topological polar surface area (TPSA) is 9.23 Å². The van der Waals surface area contributed by atoms with Gasteiger partial charge in [0.25, 0.3) is 0 Å². The summed E-state index contributed by atoms with van der Waals surface area (Å²) >= 11 is 6.01. The molecule has 0 aliphatic rings. The van der Waals surface area contributed by atoms with Crippen molar-refractivity contribution < 1.29 is 4.74 Å². The van der Waals surface area contributed by atoms with Crippen molar-refractivity contribution in [2.24, 2.45) is 0 Å². The largest absolute Gasteiger partial charge is 0.495 e. The van der Waals surface area contributed by atoms with E-state index in [1.807, 2.05) is 12.1 Å². The highest BCUT2D eigenvalue weighted by Gasteiger charge is 2.04. The van der Waals surface area contributed by atoms with Gasteiger partial charge in [-0.2, -0.15) is 0 Å². The molecule has 1 aromatic carbocycles. The number of rotatable bonds is 3. The SMILES string of the molecule is CCCc1cc(Cl)c(OC)cc1C. The van der Waals surface area contributed by atoms with Crippen molar-refractivity contribution in [1.29, 1.82) is 0 Å². The molecule has 1 aromatic rings. The molecule has 0 heterocycles. The first-order chi connectivity index (χ1) is 6.19. The second kappa shape index (κ2) is 4.52. The van der Waals surface area contributed by atoms with E-state index in [4.69, 9.17) is 16.3 Å². The first-order valence-corrected chi connectivity index (χ1v) is 4.89. The Hall–Kier alpha value is -0.690. The summed E-state index contributed by atoms with van der Waals surface area (Å²) in [7, 11) is 1.64. The molecular formula is C11H15ClO. The zero-order chi connectivity index (χ0) is 9.84. The van der Waals surface area contributed by atoms with Crippen molar-refractivity contribution in [3.63, 3.8) is 0 Å². The predicted molar refractivity (Wildman–Crippen MR) is 56.7 cm³/mol. The van der Waals surface area contributed by atoms with Crippen LogP contribution in [0.4, 0.5) is 0 Å². The summed E-state index contributed by atoms with van der Waals surface area (Å²) in [5.74, 6) is 0.763.